The molecule has 11 nitrogen and oxygen atoms in total. The standard InChI is InChI=1S/C33H36FN5O6S/c1-4-45-23-10-12-27(34)25(19-23)30(37-21-8-11-24-20(17-21)14-15-36-31(24)35)32(40)39-16-6-7-28(39)26-18-22(38(3)33(41)42)9-13-29(26)46(43,44)5-2/h8-15,17-19,28,30,37H,4-7,16H2,1-3H3,(H2,35,36)(H,41,42)/t28-,30+/m1/s1. The van der Waals surface area contributed by atoms with Crippen LogP contribution in [-0.4, -0.2) is 61.4 Å². The van der Waals surface area contributed by atoms with E-state index >= 15 is 4.39 Å². The highest BCUT2D eigenvalue weighted by molar-refractivity contribution is 7.91. The largest absolute Gasteiger partial charge is 0.494 e. The monoisotopic (exact) mass is 649 g/mol. The molecular formula is C33H36FN5O6S. The number of sulfone groups is 1. The van der Waals surface area contributed by atoms with Crippen LogP contribution in [0, 0.1) is 5.82 Å². The van der Waals surface area contributed by atoms with Gasteiger partial charge in [0.15, 0.2) is 9.84 Å². The number of ether oxygens (including phenoxy) is 1. The molecule has 0 bridgehead atoms. The van der Waals surface area contributed by atoms with Crippen LogP contribution in [0.2, 0.25) is 0 Å². The molecule has 2 heterocycles. The molecule has 2 amide bonds. The summed E-state index contributed by atoms with van der Waals surface area (Å²) < 4.78 is 47.7. The zero-order chi connectivity index (χ0) is 33.2. The van der Waals surface area contributed by atoms with Crippen LogP contribution in [0.1, 0.15) is 49.9 Å². The van der Waals surface area contributed by atoms with Crippen LogP contribution in [0.25, 0.3) is 10.8 Å². The lowest BCUT2D eigenvalue weighted by molar-refractivity contribution is -0.133. The normalized spacial score (nSPS) is 15.5. The number of aromatic nitrogens is 1. The number of nitrogens with two attached hydrogens (primary N) is 1. The number of carbonyl (C=O) groups excluding carboxylic acids is 1. The second-order valence-electron chi connectivity index (χ2n) is 11.0. The summed E-state index contributed by atoms with van der Waals surface area (Å²) in [5.41, 5.74) is 7.17. The molecule has 13 heteroatoms. The number of likely N-dealkylation sites (tertiary alicyclic amines) is 1. The number of hydrogen-bond acceptors (Lipinski definition) is 8. The van der Waals surface area contributed by atoms with Gasteiger partial charge >= 0.3 is 6.09 Å². The van der Waals surface area contributed by atoms with Crippen LogP contribution in [0.4, 0.5) is 26.4 Å². The molecule has 4 N–H and O–H groups in total. The quantitative estimate of drug-likeness (QED) is 0.194. The summed E-state index contributed by atoms with van der Waals surface area (Å²) in [6, 6.07) is 13.7. The summed E-state index contributed by atoms with van der Waals surface area (Å²) in [6.07, 6.45) is 1.33. The highest BCUT2D eigenvalue weighted by Crippen LogP contribution is 2.40. The van der Waals surface area contributed by atoms with Crippen LogP contribution in [0.3, 0.4) is 0 Å². The van der Waals surface area contributed by atoms with Gasteiger partial charge in [-0.2, -0.15) is 0 Å². The molecule has 0 aliphatic carbocycles. The van der Waals surface area contributed by atoms with E-state index in [1.165, 1.54) is 50.4 Å². The third-order valence-corrected chi connectivity index (χ3v) is 10.0. The van der Waals surface area contributed by atoms with Gasteiger partial charge < -0.3 is 25.8 Å². The number of benzene rings is 3. The number of nitrogens with zero attached hydrogens (tertiary/aromatic N) is 3. The maximum atomic E-state index is 15.6. The summed E-state index contributed by atoms with van der Waals surface area (Å²) in [7, 11) is -2.40. The first-order valence-electron chi connectivity index (χ1n) is 14.9. The van der Waals surface area contributed by atoms with Gasteiger partial charge in [0.05, 0.1) is 23.3 Å². The molecule has 1 saturated heterocycles. The molecule has 242 valence electrons. The molecule has 1 aliphatic rings. The first-order valence-corrected chi connectivity index (χ1v) is 16.6. The lowest BCUT2D eigenvalue weighted by Crippen LogP contribution is -2.38. The zero-order valence-corrected chi connectivity index (χ0v) is 26.6. The predicted molar refractivity (Wildman–Crippen MR) is 174 cm³/mol. The Bertz CT molecular complexity index is 1900. The van der Waals surface area contributed by atoms with E-state index in [2.05, 4.69) is 10.3 Å². The van der Waals surface area contributed by atoms with Crippen LogP contribution >= 0.6 is 0 Å². The molecule has 46 heavy (non-hydrogen) atoms. The van der Waals surface area contributed by atoms with E-state index in [1.807, 2.05) is 0 Å². The molecule has 0 saturated carbocycles. The van der Waals surface area contributed by atoms with Crippen molar-refractivity contribution in [3.63, 3.8) is 0 Å². The average molecular weight is 650 g/mol. The lowest BCUT2D eigenvalue weighted by atomic mass is 10.00. The number of fused-ring (bicyclic) bond motifs is 1. The number of amides is 2. The number of halogens is 1. The Balaban J connectivity index is 1.61. The van der Waals surface area contributed by atoms with Crippen molar-refractivity contribution < 1.29 is 32.2 Å². The number of carboxylic acid groups (broad SMARTS) is 1. The number of pyridine rings is 1. The molecule has 1 aromatic heterocycles. The summed E-state index contributed by atoms with van der Waals surface area (Å²) in [5, 5.41) is 14.3. The molecule has 1 aliphatic heterocycles. The van der Waals surface area contributed by atoms with Gasteiger partial charge in [-0.1, -0.05) is 6.92 Å². The second-order valence-corrected chi connectivity index (χ2v) is 13.2. The first-order chi connectivity index (χ1) is 21.9. The van der Waals surface area contributed by atoms with Crippen molar-refractivity contribution in [1.82, 2.24) is 9.88 Å². The number of anilines is 3. The lowest BCUT2D eigenvalue weighted by Gasteiger charge is -2.32. The van der Waals surface area contributed by atoms with Crippen molar-refractivity contribution in [3.8, 4) is 5.75 Å². The number of rotatable bonds is 10. The van der Waals surface area contributed by atoms with Crippen molar-refractivity contribution in [3.05, 3.63) is 83.8 Å². The highest BCUT2D eigenvalue weighted by Gasteiger charge is 2.38. The van der Waals surface area contributed by atoms with Gasteiger partial charge in [-0.25, -0.2) is 22.6 Å². The third kappa shape index (κ3) is 6.41. The van der Waals surface area contributed by atoms with Crippen molar-refractivity contribution in [1.29, 1.82) is 0 Å². The van der Waals surface area contributed by atoms with E-state index in [4.69, 9.17) is 10.5 Å². The van der Waals surface area contributed by atoms with E-state index in [0.717, 1.165) is 15.7 Å². The van der Waals surface area contributed by atoms with Gasteiger partial charge in [-0.15, -0.1) is 0 Å². The van der Waals surface area contributed by atoms with Gasteiger partial charge in [-0.3, -0.25) is 9.69 Å². The van der Waals surface area contributed by atoms with E-state index in [1.54, 1.807) is 42.3 Å². The Morgan fingerprint density at radius 1 is 1.15 bits per heavy atom. The number of carbonyl (C=O) groups is 2. The second kappa shape index (κ2) is 13.2. The molecule has 0 radical (unpaired) electrons. The molecular weight excluding hydrogens is 613 g/mol. The maximum absolute atomic E-state index is 15.6. The summed E-state index contributed by atoms with van der Waals surface area (Å²) >= 11 is 0. The highest BCUT2D eigenvalue weighted by atomic mass is 32.2. The first kappa shape index (κ1) is 32.5. The molecule has 3 aromatic carbocycles. The number of nitrogen functional groups attached to an aromatic ring is 1. The van der Waals surface area contributed by atoms with Crippen molar-refractivity contribution in [2.24, 2.45) is 0 Å². The van der Waals surface area contributed by atoms with Gasteiger partial charge in [0, 0.05) is 42.1 Å². The third-order valence-electron chi connectivity index (χ3n) is 8.22. The van der Waals surface area contributed by atoms with Gasteiger partial charge in [0.25, 0.3) is 0 Å². The Morgan fingerprint density at radius 2 is 1.93 bits per heavy atom. The average Bonchev–Trinajstić information content (AvgIpc) is 3.54. The fraction of sp³-hybridized carbons (Fsp3) is 0.303. The Labute approximate surface area is 266 Å². The predicted octanol–water partition coefficient (Wildman–Crippen LogP) is 5.78. The minimum atomic E-state index is -3.75. The van der Waals surface area contributed by atoms with Gasteiger partial charge in [0.2, 0.25) is 5.91 Å². The fourth-order valence-corrected chi connectivity index (χ4v) is 6.94. The van der Waals surface area contributed by atoms with Crippen LogP contribution in [-0.2, 0) is 14.6 Å². The van der Waals surface area contributed by atoms with Gasteiger partial charge in [-0.05, 0) is 91.4 Å². The molecule has 1 fully saturated rings. The van der Waals surface area contributed by atoms with E-state index in [-0.39, 0.29) is 28.4 Å². The summed E-state index contributed by atoms with van der Waals surface area (Å²) in [5.74, 6) is -0.564. The molecule has 0 spiro atoms. The van der Waals surface area contributed by atoms with E-state index in [9.17, 15) is 23.1 Å². The van der Waals surface area contributed by atoms with Crippen LogP contribution < -0.4 is 20.7 Å². The SMILES string of the molecule is CCOc1ccc(F)c([C@H](Nc2ccc3c(N)nccc3c2)C(=O)N2CCC[C@@H]2c2cc(N(C)C(=O)O)ccc2S(=O)(=O)CC)c1. The van der Waals surface area contributed by atoms with Crippen molar-refractivity contribution in [2.45, 2.75) is 43.7 Å². The van der Waals surface area contributed by atoms with E-state index in [0.29, 0.717) is 42.3 Å². The summed E-state index contributed by atoms with van der Waals surface area (Å²) in [4.78, 5) is 33.0. The molecule has 0 unspecified atom stereocenters. The van der Waals surface area contributed by atoms with Crippen LogP contribution in [0.5, 0.6) is 5.75 Å². The molecule has 5 rings (SSSR count). The van der Waals surface area contributed by atoms with E-state index < -0.39 is 39.7 Å². The fourth-order valence-electron chi connectivity index (χ4n) is 5.80. The summed E-state index contributed by atoms with van der Waals surface area (Å²) in [6.45, 7) is 3.93. The molecule has 4 aromatic rings. The number of nitrogens with one attached hydrogen (secondary N) is 1. The Kier molecular flexibility index (Phi) is 9.33. The molecule has 2 atom stereocenters. The minimum absolute atomic E-state index is 0.0250. The number of hydrogen-bond donors (Lipinski definition) is 3. The van der Waals surface area contributed by atoms with Gasteiger partial charge in [0.1, 0.15) is 23.4 Å². The zero-order valence-electron chi connectivity index (χ0n) is 25.7. The van der Waals surface area contributed by atoms with Crippen molar-refractivity contribution in [2.75, 3.05) is 41.9 Å². The van der Waals surface area contributed by atoms with Crippen LogP contribution in [0.15, 0.2) is 71.8 Å². The van der Waals surface area contributed by atoms with Crippen molar-refractivity contribution >= 4 is 49.8 Å². The Morgan fingerprint density at radius 3 is 2.65 bits per heavy atom. The maximum Gasteiger partial charge on any atom is 0.411 e. The minimum Gasteiger partial charge on any atom is -0.494 e. The topological polar surface area (TPSA) is 155 Å². The Hall–Kier alpha value is -4.91. The smallest absolute Gasteiger partial charge is 0.411 e.